The van der Waals surface area contributed by atoms with E-state index in [0.29, 0.717) is 25.3 Å². The van der Waals surface area contributed by atoms with E-state index in [2.05, 4.69) is 4.72 Å². The lowest BCUT2D eigenvalue weighted by Crippen LogP contribution is -2.39. The molecule has 0 bridgehead atoms. The molecule has 0 aliphatic carbocycles. The van der Waals surface area contributed by atoms with Crippen LogP contribution in [-0.4, -0.2) is 25.8 Å². The molecule has 1 heterocycles. The third kappa shape index (κ3) is 3.26. The largest absolute Gasteiger partial charge is 0.326 e. The van der Waals surface area contributed by atoms with E-state index in [4.69, 9.17) is 5.73 Å². The van der Waals surface area contributed by atoms with Gasteiger partial charge in [-0.2, -0.15) is 12.7 Å². The van der Waals surface area contributed by atoms with E-state index in [1.165, 1.54) is 4.31 Å². The highest BCUT2D eigenvalue weighted by Crippen LogP contribution is 2.22. The van der Waals surface area contributed by atoms with Crippen LogP contribution in [0.25, 0.3) is 0 Å². The minimum Gasteiger partial charge on any atom is -0.326 e. The van der Waals surface area contributed by atoms with Crippen LogP contribution in [0.15, 0.2) is 18.2 Å². The van der Waals surface area contributed by atoms with Crippen LogP contribution in [0.5, 0.6) is 0 Å². The normalized spacial score (nSPS) is 17.4. The quantitative estimate of drug-likeness (QED) is 0.881. The number of nitrogens with one attached hydrogen (secondary N) is 1. The van der Waals surface area contributed by atoms with Gasteiger partial charge >= 0.3 is 10.2 Å². The van der Waals surface area contributed by atoms with E-state index in [-0.39, 0.29) is 0 Å². The SMILES string of the molecule is Cc1cccc(NS(=O)(=O)N2CCCCC2)c1CN. The molecule has 6 heteroatoms. The molecule has 0 radical (unpaired) electrons. The molecular formula is C13H21N3O2S. The third-order valence-electron chi connectivity index (χ3n) is 3.51. The van der Waals surface area contributed by atoms with Crippen LogP contribution < -0.4 is 10.5 Å². The van der Waals surface area contributed by atoms with Gasteiger partial charge in [0, 0.05) is 19.6 Å². The van der Waals surface area contributed by atoms with Crippen molar-refractivity contribution in [2.45, 2.75) is 32.7 Å². The number of piperidine rings is 1. The Balaban J connectivity index is 2.22. The number of aryl methyl sites for hydroxylation is 1. The van der Waals surface area contributed by atoms with Crippen LogP contribution in [0.2, 0.25) is 0 Å². The van der Waals surface area contributed by atoms with Crippen LogP contribution in [-0.2, 0) is 16.8 Å². The Morgan fingerprint density at radius 2 is 1.95 bits per heavy atom. The Morgan fingerprint density at radius 1 is 1.26 bits per heavy atom. The van der Waals surface area contributed by atoms with Crippen LogP contribution in [0.1, 0.15) is 30.4 Å². The Bertz CT molecular complexity index is 537. The second-order valence-corrected chi connectivity index (χ2v) is 6.54. The summed E-state index contributed by atoms with van der Waals surface area (Å²) in [6.07, 6.45) is 2.96. The van der Waals surface area contributed by atoms with Crippen LogP contribution in [0, 0.1) is 6.92 Å². The molecule has 1 aliphatic rings. The molecule has 19 heavy (non-hydrogen) atoms. The third-order valence-corrected chi connectivity index (χ3v) is 5.03. The van der Waals surface area contributed by atoms with Gasteiger partial charge in [-0.05, 0) is 37.0 Å². The van der Waals surface area contributed by atoms with Crippen molar-refractivity contribution in [1.29, 1.82) is 0 Å². The van der Waals surface area contributed by atoms with E-state index >= 15 is 0 Å². The molecular weight excluding hydrogens is 262 g/mol. The molecule has 0 saturated carbocycles. The number of benzene rings is 1. The molecule has 1 aliphatic heterocycles. The van der Waals surface area contributed by atoms with Gasteiger partial charge in [-0.1, -0.05) is 18.6 Å². The van der Waals surface area contributed by atoms with Crippen molar-refractivity contribution < 1.29 is 8.42 Å². The number of rotatable bonds is 4. The van der Waals surface area contributed by atoms with E-state index in [1.807, 2.05) is 19.1 Å². The van der Waals surface area contributed by atoms with Gasteiger partial charge in [-0.15, -0.1) is 0 Å². The van der Waals surface area contributed by atoms with Gasteiger partial charge < -0.3 is 5.73 Å². The maximum Gasteiger partial charge on any atom is 0.301 e. The highest BCUT2D eigenvalue weighted by atomic mass is 32.2. The molecule has 1 aromatic carbocycles. The van der Waals surface area contributed by atoms with Crippen molar-refractivity contribution in [2.24, 2.45) is 5.73 Å². The first-order chi connectivity index (χ1) is 9.04. The first-order valence-corrected chi connectivity index (χ1v) is 8.05. The predicted molar refractivity (Wildman–Crippen MR) is 77.0 cm³/mol. The highest BCUT2D eigenvalue weighted by Gasteiger charge is 2.24. The van der Waals surface area contributed by atoms with Crippen molar-refractivity contribution >= 4 is 15.9 Å². The number of hydrogen-bond acceptors (Lipinski definition) is 3. The molecule has 1 fully saturated rings. The Morgan fingerprint density at radius 3 is 2.58 bits per heavy atom. The summed E-state index contributed by atoms with van der Waals surface area (Å²) in [5.74, 6) is 0. The molecule has 2 rings (SSSR count). The smallest absolute Gasteiger partial charge is 0.301 e. The fourth-order valence-electron chi connectivity index (χ4n) is 2.38. The predicted octanol–water partition coefficient (Wildman–Crippen LogP) is 1.60. The van der Waals surface area contributed by atoms with Crippen molar-refractivity contribution in [3.8, 4) is 0 Å². The number of anilines is 1. The summed E-state index contributed by atoms with van der Waals surface area (Å²) >= 11 is 0. The topological polar surface area (TPSA) is 75.4 Å². The average molecular weight is 283 g/mol. The number of hydrogen-bond donors (Lipinski definition) is 2. The van der Waals surface area contributed by atoms with Gasteiger partial charge in [0.2, 0.25) is 0 Å². The Kier molecular flexibility index (Phi) is 4.44. The molecule has 0 unspecified atom stereocenters. The van der Waals surface area contributed by atoms with Crippen LogP contribution >= 0.6 is 0 Å². The molecule has 1 saturated heterocycles. The number of nitrogens with two attached hydrogens (primary N) is 1. The summed E-state index contributed by atoms with van der Waals surface area (Å²) in [5, 5.41) is 0. The molecule has 0 aromatic heterocycles. The fraction of sp³-hybridized carbons (Fsp3) is 0.538. The van der Waals surface area contributed by atoms with E-state index in [0.717, 1.165) is 30.4 Å². The zero-order valence-electron chi connectivity index (χ0n) is 11.2. The lowest BCUT2D eigenvalue weighted by molar-refractivity contribution is 0.349. The summed E-state index contributed by atoms with van der Waals surface area (Å²) in [6, 6.07) is 5.53. The fourth-order valence-corrected chi connectivity index (χ4v) is 3.71. The van der Waals surface area contributed by atoms with Gasteiger partial charge in [0.15, 0.2) is 0 Å². The Hall–Kier alpha value is -1.11. The summed E-state index contributed by atoms with van der Waals surface area (Å²) < 4.78 is 28.8. The van der Waals surface area contributed by atoms with E-state index in [9.17, 15) is 8.42 Å². The maximum absolute atomic E-state index is 12.3. The van der Waals surface area contributed by atoms with Crippen LogP contribution in [0.4, 0.5) is 5.69 Å². The molecule has 106 valence electrons. The average Bonchev–Trinajstić information content (AvgIpc) is 2.40. The highest BCUT2D eigenvalue weighted by molar-refractivity contribution is 7.90. The lowest BCUT2D eigenvalue weighted by Gasteiger charge is -2.26. The first kappa shape index (κ1) is 14.3. The summed E-state index contributed by atoms with van der Waals surface area (Å²) in [5.41, 5.74) is 8.14. The second-order valence-electron chi connectivity index (χ2n) is 4.87. The molecule has 0 spiro atoms. The minimum absolute atomic E-state index is 0.324. The van der Waals surface area contributed by atoms with Gasteiger partial charge in [0.05, 0.1) is 5.69 Å². The molecule has 0 amide bonds. The molecule has 0 atom stereocenters. The number of nitrogens with zero attached hydrogens (tertiary/aromatic N) is 1. The van der Waals surface area contributed by atoms with Gasteiger partial charge in [0.25, 0.3) is 0 Å². The van der Waals surface area contributed by atoms with Crippen LogP contribution in [0.3, 0.4) is 0 Å². The molecule has 3 N–H and O–H groups in total. The molecule has 1 aromatic rings. The van der Waals surface area contributed by atoms with E-state index in [1.54, 1.807) is 6.07 Å². The lowest BCUT2D eigenvalue weighted by atomic mass is 10.1. The maximum atomic E-state index is 12.3. The summed E-state index contributed by atoms with van der Waals surface area (Å²) in [6.45, 7) is 3.45. The first-order valence-electron chi connectivity index (χ1n) is 6.61. The van der Waals surface area contributed by atoms with Crippen molar-refractivity contribution in [2.75, 3.05) is 17.8 Å². The summed E-state index contributed by atoms with van der Waals surface area (Å²) in [7, 11) is -3.46. The summed E-state index contributed by atoms with van der Waals surface area (Å²) in [4.78, 5) is 0. The van der Waals surface area contributed by atoms with Crippen molar-refractivity contribution in [3.63, 3.8) is 0 Å². The Labute approximate surface area is 115 Å². The zero-order chi connectivity index (χ0) is 13.9. The minimum atomic E-state index is -3.46. The monoisotopic (exact) mass is 283 g/mol. The standard InChI is InChI=1S/C13H21N3O2S/c1-11-6-5-7-13(12(11)10-14)15-19(17,18)16-8-3-2-4-9-16/h5-7,15H,2-4,8-10,14H2,1H3. The van der Waals surface area contributed by atoms with Gasteiger partial charge in [-0.25, -0.2) is 0 Å². The van der Waals surface area contributed by atoms with Crippen molar-refractivity contribution in [1.82, 2.24) is 4.31 Å². The second kappa shape index (κ2) is 5.90. The van der Waals surface area contributed by atoms with Gasteiger partial charge in [0.1, 0.15) is 0 Å². The molecule has 5 nitrogen and oxygen atoms in total. The van der Waals surface area contributed by atoms with Crippen molar-refractivity contribution in [3.05, 3.63) is 29.3 Å². The van der Waals surface area contributed by atoms with E-state index < -0.39 is 10.2 Å². The zero-order valence-corrected chi connectivity index (χ0v) is 12.0. The van der Waals surface area contributed by atoms with Gasteiger partial charge in [-0.3, -0.25) is 4.72 Å².